The van der Waals surface area contributed by atoms with Crippen LogP contribution in [-0.4, -0.2) is 74.3 Å². The van der Waals surface area contributed by atoms with Crippen LogP contribution in [0.4, 0.5) is 20.3 Å². The van der Waals surface area contributed by atoms with Crippen molar-refractivity contribution in [2.75, 3.05) is 36.4 Å². The van der Waals surface area contributed by atoms with Gasteiger partial charge >= 0.3 is 0 Å². The summed E-state index contributed by atoms with van der Waals surface area (Å²) in [6.45, 7) is 2.44. The number of fused-ring (bicyclic) bond motifs is 1. The molecule has 1 unspecified atom stereocenters. The van der Waals surface area contributed by atoms with E-state index in [0.29, 0.717) is 11.5 Å². The molecule has 9 nitrogen and oxygen atoms in total. The van der Waals surface area contributed by atoms with Gasteiger partial charge in [0.2, 0.25) is 0 Å². The summed E-state index contributed by atoms with van der Waals surface area (Å²) in [5.74, 6) is -2.56. The number of aromatic amines is 1. The molecular weight excluding hydrogens is 504 g/mol. The van der Waals surface area contributed by atoms with Gasteiger partial charge in [-0.05, 0) is 42.5 Å². The molecule has 39 heavy (non-hydrogen) atoms. The number of amides is 1. The summed E-state index contributed by atoms with van der Waals surface area (Å²) in [5.41, 5.74) is 2.95. The highest BCUT2D eigenvalue weighted by atomic mass is 19.3. The second-order valence-electron chi connectivity index (χ2n) is 10.6. The molecule has 0 bridgehead atoms. The van der Waals surface area contributed by atoms with Crippen LogP contribution in [0, 0.1) is 0 Å². The number of alkyl halides is 2. The number of rotatable bonds is 6. The zero-order valence-electron chi connectivity index (χ0n) is 21.5. The van der Waals surface area contributed by atoms with E-state index in [1.54, 1.807) is 17.0 Å². The van der Waals surface area contributed by atoms with Gasteiger partial charge in [-0.2, -0.15) is 5.10 Å². The van der Waals surface area contributed by atoms with Crippen LogP contribution in [0.2, 0.25) is 0 Å². The Bertz CT molecular complexity index is 1470. The van der Waals surface area contributed by atoms with Crippen LogP contribution in [-0.2, 0) is 6.54 Å². The molecule has 5 heterocycles. The van der Waals surface area contributed by atoms with Gasteiger partial charge in [-0.1, -0.05) is 18.2 Å². The molecule has 2 fully saturated rings. The maximum Gasteiger partial charge on any atom is 0.276 e. The number of aliphatic hydroxyl groups is 1. The Kier molecular flexibility index (Phi) is 6.86. The van der Waals surface area contributed by atoms with Gasteiger partial charge < -0.3 is 15.3 Å². The Morgan fingerprint density at radius 2 is 2.03 bits per heavy atom. The monoisotopic (exact) mass is 535 g/mol. The largest absolute Gasteiger partial charge is 0.393 e. The van der Waals surface area contributed by atoms with Gasteiger partial charge in [0.15, 0.2) is 5.69 Å². The summed E-state index contributed by atoms with van der Waals surface area (Å²) in [6.07, 6.45) is 11.3. The van der Waals surface area contributed by atoms with E-state index < -0.39 is 5.92 Å². The zero-order valence-corrected chi connectivity index (χ0v) is 21.5. The highest BCUT2D eigenvalue weighted by Gasteiger charge is 2.38. The lowest BCUT2D eigenvalue weighted by Crippen LogP contribution is -2.35. The molecule has 0 saturated carbocycles. The maximum absolute atomic E-state index is 13.5. The smallest absolute Gasteiger partial charge is 0.276 e. The fourth-order valence-corrected chi connectivity index (χ4v) is 5.51. The summed E-state index contributed by atoms with van der Waals surface area (Å²) in [5, 5.41) is 21.4. The molecule has 6 rings (SSSR count). The number of aromatic nitrogens is 4. The van der Waals surface area contributed by atoms with Crippen LogP contribution in [0.1, 0.15) is 53.2 Å². The highest BCUT2D eigenvalue weighted by Crippen LogP contribution is 2.30. The first-order chi connectivity index (χ1) is 18.8. The van der Waals surface area contributed by atoms with Crippen molar-refractivity contribution in [3.05, 3.63) is 64.2 Å². The van der Waals surface area contributed by atoms with Gasteiger partial charge in [0.25, 0.3) is 11.8 Å². The van der Waals surface area contributed by atoms with Crippen LogP contribution in [0.15, 0.2) is 36.8 Å². The number of aliphatic hydroxyl groups excluding tert-OH is 1. The Morgan fingerprint density at radius 1 is 1.18 bits per heavy atom. The predicted molar refractivity (Wildman–Crippen MR) is 143 cm³/mol. The van der Waals surface area contributed by atoms with Gasteiger partial charge in [0.05, 0.1) is 29.9 Å². The minimum absolute atomic E-state index is 0.0526. The van der Waals surface area contributed by atoms with Crippen molar-refractivity contribution in [3.63, 3.8) is 0 Å². The summed E-state index contributed by atoms with van der Waals surface area (Å²) < 4.78 is 27.1. The van der Waals surface area contributed by atoms with Crippen LogP contribution in [0.5, 0.6) is 0 Å². The molecule has 0 spiro atoms. The number of piperidine rings is 1. The summed E-state index contributed by atoms with van der Waals surface area (Å²) in [4.78, 5) is 25.7. The first kappa shape index (κ1) is 25.6. The summed E-state index contributed by atoms with van der Waals surface area (Å²) in [6, 6.07) is 5.47. The number of carbonyl (C=O) groups excluding carboxylic acids is 1. The van der Waals surface area contributed by atoms with Gasteiger partial charge in [-0.25, -0.2) is 13.8 Å². The average Bonchev–Trinajstić information content (AvgIpc) is 3.53. The third kappa shape index (κ3) is 5.69. The second-order valence-corrected chi connectivity index (χ2v) is 10.6. The molecule has 2 aliphatic heterocycles. The molecule has 1 amide bonds. The maximum atomic E-state index is 13.5. The number of H-pyrrole nitrogens is 1. The topological polar surface area (TPSA) is 110 Å². The van der Waals surface area contributed by atoms with Gasteiger partial charge in [-0.3, -0.25) is 19.8 Å². The Morgan fingerprint density at radius 3 is 2.77 bits per heavy atom. The SMILES string of the molecule is O=C(Nc1ccc(N2CCC(F)(F)C2)nc1)c1n[nH]c2c1=CC(c1cncc(CN3CCC(O)CC3)c1)CC=2. The van der Waals surface area contributed by atoms with Crippen LogP contribution in [0.3, 0.4) is 0 Å². The average molecular weight is 536 g/mol. The van der Waals surface area contributed by atoms with Crippen molar-refractivity contribution < 1.29 is 18.7 Å². The first-order valence-electron chi connectivity index (χ1n) is 13.3. The molecule has 3 aromatic heterocycles. The molecule has 11 heteroatoms. The summed E-state index contributed by atoms with van der Waals surface area (Å²) in [7, 11) is 0. The molecule has 0 radical (unpaired) electrons. The van der Waals surface area contributed by atoms with Crippen molar-refractivity contribution in [1.82, 2.24) is 25.1 Å². The van der Waals surface area contributed by atoms with Gasteiger partial charge in [0.1, 0.15) is 5.82 Å². The van der Waals surface area contributed by atoms with Crippen molar-refractivity contribution in [2.24, 2.45) is 0 Å². The number of hydrogen-bond acceptors (Lipinski definition) is 7. The molecule has 1 atom stereocenters. The van der Waals surface area contributed by atoms with E-state index in [4.69, 9.17) is 0 Å². The highest BCUT2D eigenvalue weighted by molar-refractivity contribution is 6.03. The van der Waals surface area contributed by atoms with E-state index in [9.17, 15) is 18.7 Å². The molecule has 3 N–H and O–H groups in total. The fourth-order valence-electron chi connectivity index (χ4n) is 5.51. The Labute approximate surface area is 224 Å². The van der Waals surface area contributed by atoms with E-state index in [0.717, 1.165) is 60.6 Å². The normalized spacial score (nSPS) is 21.2. The molecule has 3 aromatic rings. The molecule has 2 saturated heterocycles. The predicted octanol–water partition coefficient (Wildman–Crippen LogP) is 2.00. The number of anilines is 2. The number of nitrogens with zero attached hydrogens (tertiary/aromatic N) is 5. The number of hydrogen-bond donors (Lipinski definition) is 3. The van der Waals surface area contributed by atoms with E-state index in [2.05, 4.69) is 42.5 Å². The third-order valence-corrected chi connectivity index (χ3v) is 7.70. The summed E-state index contributed by atoms with van der Waals surface area (Å²) >= 11 is 0. The van der Waals surface area contributed by atoms with Crippen LogP contribution < -0.4 is 20.8 Å². The zero-order chi connectivity index (χ0) is 27.0. The molecule has 204 valence electrons. The molecular formula is C28H31F2N7O2. The van der Waals surface area contributed by atoms with E-state index in [-0.39, 0.29) is 43.1 Å². The lowest BCUT2D eigenvalue weighted by Gasteiger charge is -2.29. The van der Waals surface area contributed by atoms with E-state index in [1.165, 1.54) is 6.20 Å². The number of carbonyl (C=O) groups is 1. The van der Waals surface area contributed by atoms with Crippen LogP contribution >= 0.6 is 0 Å². The standard InChI is InChI=1S/C28H31F2N7O2/c29-28(30)7-10-37(17-28)25-4-2-21(15-32-25)33-27(39)26-23-12-19(1-3-24(23)34-35-26)20-11-18(13-31-14-20)16-36-8-5-22(38)6-9-36/h2-4,11-15,19,22,34,38H,1,5-10,16-17H2,(H,33,39). The Hall–Kier alpha value is -3.70. The first-order valence-corrected chi connectivity index (χ1v) is 13.3. The number of nitrogens with one attached hydrogen (secondary N) is 2. The van der Waals surface area contributed by atoms with E-state index in [1.807, 2.05) is 18.5 Å². The minimum atomic E-state index is -2.70. The molecule has 3 aliphatic rings. The van der Waals surface area contributed by atoms with Crippen molar-refractivity contribution in [3.8, 4) is 0 Å². The quantitative estimate of drug-likeness (QED) is 0.443. The van der Waals surface area contributed by atoms with Crippen LogP contribution in [0.25, 0.3) is 12.2 Å². The van der Waals surface area contributed by atoms with Crippen molar-refractivity contribution in [1.29, 1.82) is 0 Å². The number of likely N-dealkylation sites (tertiary alicyclic amines) is 1. The third-order valence-electron chi connectivity index (χ3n) is 7.70. The van der Waals surface area contributed by atoms with Gasteiger partial charge in [-0.15, -0.1) is 0 Å². The molecule has 1 aliphatic carbocycles. The molecule has 0 aromatic carbocycles. The van der Waals surface area contributed by atoms with E-state index >= 15 is 0 Å². The number of pyridine rings is 2. The number of halogens is 2. The fraction of sp³-hybridized carbons (Fsp3) is 0.429. The lowest BCUT2D eigenvalue weighted by atomic mass is 9.92. The van der Waals surface area contributed by atoms with Crippen molar-refractivity contribution in [2.45, 2.75) is 50.2 Å². The van der Waals surface area contributed by atoms with Gasteiger partial charge in [0, 0.05) is 56.1 Å². The minimum Gasteiger partial charge on any atom is -0.393 e. The second kappa shape index (κ2) is 10.5. The van der Waals surface area contributed by atoms with Crippen molar-refractivity contribution >= 4 is 29.6 Å². The lowest BCUT2D eigenvalue weighted by molar-refractivity contribution is 0.0256. The Balaban J connectivity index is 1.15.